The van der Waals surface area contributed by atoms with E-state index < -0.39 is 5.97 Å². The van der Waals surface area contributed by atoms with Crippen LogP contribution < -0.4 is 0 Å². The summed E-state index contributed by atoms with van der Waals surface area (Å²) in [5.74, 6) is -0.838. The number of ether oxygens (including phenoxy) is 1. The van der Waals surface area contributed by atoms with Crippen LogP contribution in [0.1, 0.15) is 26.7 Å². The standard InChI is InChI=1S/C11H19N3O3S/c1-9(2)17-6-4-3-5-14-8-12-13-11(14)18-7-10(15)16/h8-9H,3-7H2,1-2H3,(H,15,16). The summed E-state index contributed by atoms with van der Waals surface area (Å²) in [4.78, 5) is 10.5. The van der Waals surface area contributed by atoms with Gasteiger partial charge in [0.25, 0.3) is 0 Å². The van der Waals surface area contributed by atoms with Crippen LogP contribution in [0, 0.1) is 0 Å². The Labute approximate surface area is 111 Å². The molecular formula is C11H19N3O3S. The minimum absolute atomic E-state index is 0.00908. The van der Waals surface area contributed by atoms with Gasteiger partial charge in [0.2, 0.25) is 0 Å². The molecule has 0 spiro atoms. The largest absolute Gasteiger partial charge is 0.481 e. The van der Waals surface area contributed by atoms with Gasteiger partial charge in [-0.15, -0.1) is 10.2 Å². The molecule has 1 aromatic rings. The van der Waals surface area contributed by atoms with Crippen LogP contribution in [0.15, 0.2) is 11.5 Å². The fraction of sp³-hybridized carbons (Fsp3) is 0.727. The van der Waals surface area contributed by atoms with Gasteiger partial charge in [0.1, 0.15) is 6.33 Å². The minimum Gasteiger partial charge on any atom is -0.481 e. The zero-order chi connectivity index (χ0) is 13.4. The van der Waals surface area contributed by atoms with Crippen molar-refractivity contribution in [2.75, 3.05) is 12.4 Å². The maximum Gasteiger partial charge on any atom is 0.313 e. The van der Waals surface area contributed by atoms with Crippen LogP contribution >= 0.6 is 11.8 Å². The number of thioether (sulfide) groups is 1. The first-order valence-electron chi connectivity index (χ1n) is 5.93. The summed E-state index contributed by atoms with van der Waals surface area (Å²) in [6.45, 7) is 5.56. The smallest absolute Gasteiger partial charge is 0.313 e. The number of hydrogen-bond donors (Lipinski definition) is 1. The molecule has 0 saturated carbocycles. The Bertz CT molecular complexity index is 368. The molecule has 102 valence electrons. The highest BCUT2D eigenvalue weighted by Gasteiger charge is 2.07. The maximum atomic E-state index is 10.5. The first-order chi connectivity index (χ1) is 8.59. The predicted octanol–water partition coefficient (Wildman–Crippen LogP) is 1.66. The number of hydrogen-bond acceptors (Lipinski definition) is 5. The SMILES string of the molecule is CC(C)OCCCCn1cnnc1SCC(=O)O. The molecule has 6 nitrogen and oxygen atoms in total. The number of rotatable bonds is 9. The molecule has 0 atom stereocenters. The molecule has 7 heteroatoms. The monoisotopic (exact) mass is 273 g/mol. The van der Waals surface area contributed by atoms with Crippen molar-refractivity contribution in [2.24, 2.45) is 0 Å². The zero-order valence-corrected chi connectivity index (χ0v) is 11.5. The first-order valence-corrected chi connectivity index (χ1v) is 6.92. The lowest BCUT2D eigenvalue weighted by Crippen LogP contribution is -2.06. The van der Waals surface area contributed by atoms with E-state index in [2.05, 4.69) is 10.2 Å². The normalized spacial score (nSPS) is 11.1. The molecule has 0 fully saturated rings. The van der Waals surface area contributed by atoms with Crippen LogP contribution in [0.3, 0.4) is 0 Å². The number of unbranched alkanes of at least 4 members (excludes halogenated alkanes) is 1. The number of aromatic nitrogens is 3. The fourth-order valence-corrected chi connectivity index (χ4v) is 2.00. The maximum absolute atomic E-state index is 10.5. The van der Waals surface area contributed by atoms with Crippen molar-refractivity contribution >= 4 is 17.7 Å². The summed E-state index contributed by atoms with van der Waals surface area (Å²) in [6, 6.07) is 0. The van der Waals surface area contributed by atoms with E-state index in [9.17, 15) is 4.79 Å². The summed E-state index contributed by atoms with van der Waals surface area (Å²) < 4.78 is 7.32. The average Bonchev–Trinajstić information content (AvgIpc) is 2.73. The van der Waals surface area contributed by atoms with Crippen LogP contribution in [-0.2, 0) is 16.1 Å². The van der Waals surface area contributed by atoms with Crippen molar-refractivity contribution in [1.82, 2.24) is 14.8 Å². The second kappa shape index (κ2) is 8.10. The Balaban J connectivity index is 2.25. The van der Waals surface area contributed by atoms with E-state index in [0.717, 1.165) is 26.0 Å². The number of carboxylic acids is 1. The van der Waals surface area contributed by atoms with Gasteiger partial charge in [-0.25, -0.2) is 0 Å². The van der Waals surface area contributed by atoms with Gasteiger partial charge in [-0.1, -0.05) is 11.8 Å². The van der Waals surface area contributed by atoms with Crippen LogP contribution in [0.2, 0.25) is 0 Å². The van der Waals surface area contributed by atoms with E-state index in [1.807, 2.05) is 18.4 Å². The highest BCUT2D eigenvalue weighted by atomic mass is 32.2. The fourth-order valence-electron chi connectivity index (χ4n) is 1.34. The molecule has 1 N–H and O–H groups in total. The van der Waals surface area contributed by atoms with Crippen molar-refractivity contribution in [2.45, 2.75) is 44.5 Å². The van der Waals surface area contributed by atoms with Gasteiger partial charge in [0, 0.05) is 13.2 Å². The molecule has 1 heterocycles. The van der Waals surface area contributed by atoms with Crippen molar-refractivity contribution in [3.63, 3.8) is 0 Å². The van der Waals surface area contributed by atoms with E-state index in [0.29, 0.717) is 5.16 Å². The number of aliphatic carboxylic acids is 1. The van der Waals surface area contributed by atoms with E-state index >= 15 is 0 Å². The molecule has 1 rings (SSSR count). The molecule has 0 aliphatic carbocycles. The van der Waals surface area contributed by atoms with Gasteiger partial charge in [-0.2, -0.15) is 0 Å². The molecule has 0 radical (unpaired) electrons. The third-order valence-corrected chi connectivity index (χ3v) is 3.11. The van der Waals surface area contributed by atoms with E-state index in [1.165, 1.54) is 11.8 Å². The first kappa shape index (κ1) is 15.0. The molecular weight excluding hydrogens is 254 g/mol. The summed E-state index contributed by atoms with van der Waals surface area (Å²) >= 11 is 1.19. The molecule has 0 bridgehead atoms. The van der Waals surface area contributed by atoms with Crippen LogP contribution in [0.25, 0.3) is 0 Å². The Morgan fingerprint density at radius 2 is 2.33 bits per heavy atom. The number of carboxylic acid groups (broad SMARTS) is 1. The Kier molecular flexibility index (Phi) is 6.74. The summed E-state index contributed by atoms with van der Waals surface area (Å²) in [7, 11) is 0. The van der Waals surface area contributed by atoms with Crippen molar-refractivity contribution in [1.29, 1.82) is 0 Å². The lowest BCUT2D eigenvalue weighted by Gasteiger charge is -2.08. The predicted molar refractivity (Wildman–Crippen MR) is 68.7 cm³/mol. The topological polar surface area (TPSA) is 77.2 Å². The van der Waals surface area contributed by atoms with Gasteiger partial charge < -0.3 is 14.4 Å². The van der Waals surface area contributed by atoms with Gasteiger partial charge in [-0.05, 0) is 26.7 Å². The molecule has 0 saturated heterocycles. The third-order valence-electron chi connectivity index (χ3n) is 2.15. The van der Waals surface area contributed by atoms with Crippen LogP contribution in [0.4, 0.5) is 0 Å². The number of nitrogens with zero attached hydrogens (tertiary/aromatic N) is 3. The average molecular weight is 273 g/mol. The van der Waals surface area contributed by atoms with Crippen molar-refractivity contribution in [3.05, 3.63) is 6.33 Å². The lowest BCUT2D eigenvalue weighted by atomic mass is 10.3. The summed E-state index contributed by atoms with van der Waals surface area (Å²) in [6.07, 6.45) is 3.83. The quantitative estimate of drug-likeness (QED) is 0.544. The lowest BCUT2D eigenvalue weighted by molar-refractivity contribution is -0.133. The molecule has 18 heavy (non-hydrogen) atoms. The number of carbonyl (C=O) groups is 1. The highest BCUT2D eigenvalue weighted by molar-refractivity contribution is 7.99. The molecule has 0 amide bonds. The van der Waals surface area contributed by atoms with Gasteiger partial charge in [0.15, 0.2) is 5.16 Å². The van der Waals surface area contributed by atoms with Gasteiger partial charge >= 0.3 is 5.97 Å². The van der Waals surface area contributed by atoms with Crippen molar-refractivity contribution in [3.8, 4) is 0 Å². The number of aryl methyl sites for hydroxylation is 1. The van der Waals surface area contributed by atoms with E-state index in [-0.39, 0.29) is 11.9 Å². The van der Waals surface area contributed by atoms with Crippen LogP contribution in [-0.4, -0.2) is 44.3 Å². The van der Waals surface area contributed by atoms with Gasteiger partial charge in [-0.3, -0.25) is 4.79 Å². The Morgan fingerprint density at radius 3 is 3.00 bits per heavy atom. The summed E-state index contributed by atoms with van der Waals surface area (Å²) in [5.41, 5.74) is 0. The molecule has 0 aliphatic rings. The zero-order valence-electron chi connectivity index (χ0n) is 10.7. The second-order valence-corrected chi connectivity index (χ2v) is 5.06. The van der Waals surface area contributed by atoms with Gasteiger partial charge in [0.05, 0.1) is 11.9 Å². The van der Waals surface area contributed by atoms with E-state index in [4.69, 9.17) is 9.84 Å². The molecule has 1 aromatic heterocycles. The van der Waals surface area contributed by atoms with E-state index in [1.54, 1.807) is 6.33 Å². The highest BCUT2D eigenvalue weighted by Crippen LogP contribution is 2.14. The van der Waals surface area contributed by atoms with Crippen molar-refractivity contribution < 1.29 is 14.6 Å². The molecule has 0 unspecified atom stereocenters. The molecule has 0 aliphatic heterocycles. The Hall–Kier alpha value is -1.08. The third kappa shape index (κ3) is 6.02. The van der Waals surface area contributed by atoms with Crippen LogP contribution in [0.5, 0.6) is 0 Å². The Morgan fingerprint density at radius 1 is 1.56 bits per heavy atom. The second-order valence-electron chi connectivity index (χ2n) is 4.12. The minimum atomic E-state index is -0.847. The molecule has 0 aromatic carbocycles. The summed E-state index contributed by atoms with van der Waals surface area (Å²) in [5, 5.41) is 17.0.